The van der Waals surface area contributed by atoms with Gasteiger partial charge in [0.15, 0.2) is 17.3 Å². The van der Waals surface area contributed by atoms with Crippen LogP contribution < -0.4 is 0 Å². The second-order valence-corrected chi connectivity index (χ2v) is 4.56. The molecule has 18 heavy (non-hydrogen) atoms. The van der Waals surface area contributed by atoms with Crippen LogP contribution in [0.15, 0.2) is 30.3 Å². The van der Waals surface area contributed by atoms with E-state index >= 15 is 0 Å². The second kappa shape index (κ2) is 4.66. The Morgan fingerprint density at radius 1 is 1.06 bits per heavy atom. The average Bonchev–Trinajstić information content (AvgIpc) is 2.29. The fourth-order valence-corrected chi connectivity index (χ4v) is 1.83. The molecule has 0 heterocycles. The number of hydrogen-bond acceptors (Lipinski definition) is 4. The van der Waals surface area contributed by atoms with E-state index in [-0.39, 0.29) is 17.3 Å². The van der Waals surface area contributed by atoms with E-state index in [1.807, 2.05) is 14.1 Å². The lowest BCUT2D eigenvalue weighted by Crippen LogP contribution is -2.21. The summed E-state index contributed by atoms with van der Waals surface area (Å²) in [4.78, 5) is 13.7. The number of benzene rings is 2. The molecular weight excluding hydrogens is 230 g/mol. The van der Waals surface area contributed by atoms with Crippen molar-refractivity contribution in [3.05, 3.63) is 35.9 Å². The van der Waals surface area contributed by atoms with Crippen LogP contribution in [-0.4, -0.2) is 41.5 Å². The molecule has 0 fully saturated rings. The summed E-state index contributed by atoms with van der Waals surface area (Å²) >= 11 is 0. The quantitative estimate of drug-likeness (QED) is 0.641. The molecule has 0 atom stereocenters. The minimum atomic E-state index is -0.181. The Balaban J connectivity index is 2.44. The van der Waals surface area contributed by atoms with Gasteiger partial charge in [-0.25, -0.2) is 0 Å². The van der Waals surface area contributed by atoms with E-state index in [0.717, 1.165) is 10.8 Å². The van der Waals surface area contributed by atoms with Crippen molar-refractivity contribution in [2.45, 2.75) is 0 Å². The van der Waals surface area contributed by atoms with Gasteiger partial charge in [-0.3, -0.25) is 4.79 Å². The number of fused-ring (bicyclic) bond motifs is 1. The maximum absolute atomic E-state index is 11.9. The van der Waals surface area contributed by atoms with Crippen LogP contribution in [0.25, 0.3) is 10.8 Å². The molecule has 0 aromatic heterocycles. The smallest absolute Gasteiger partial charge is 0.176 e. The molecule has 2 aromatic carbocycles. The molecule has 2 N–H and O–H groups in total. The second-order valence-electron chi connectivity index (χ2n) is 4.56. The number of rotatable bonds is 3. The number of phenols is 2. The van der Waals surface area contributed by atoms with Crippen molar-refractivity contribution < 1.29 is 15.0 Å². The van der Waals surface area contributed by atoms with Crippen molar-refractivity contribution in [2.75, 3.05) is 20.6 Å². The third-order valence-corrected chi connectivity index (χ3v) is 2.72. The zero-order valence-electron chi connectivity index (χ0n) is 10.3. The molecule has 4 nitrogen and oxygen atoms in total. The van der Waals surface area contributed by atoms with E-state index in [4.69, 9.17) is 0 Å². The fraction of sp³-hybridized carbons (Fsp3) is 0.214. The van der Waals surface area contributed by atoms with Crippen LogP contribution in [0.5, 0.6) is 11.5 Å². The van der Waals surface area contributed by atoms with Crippen LogP contribution in [0.2, 0.25) is 0 Å². The highest BCUT2D eigenvalue weighted by Crippen LogP contribution is 2.30. The summed E-state index contributed by atoms with van der Waals surface area (Å²) in [7, 11) is 3.67. The Kier molecular flexibility index (Phi) is 3.21. The molecule has 0 aliphatic heterocycles. The predicted octanol–water partition coefficient (Wildman–Crippen LogP) is 2.00. The number of aromatic hydroxyl groups is 2. The van der Waals surface area contributed by atoms with E-state index in [2.05, 4.69) is 0 Å². The number of phenolic OH excluding ortho intramolecular Hbond substituents is 2. The van der Waals surface area contributed by atoms with Crippen molar-refractivity contribution in [3.63, 3.8) is 0 Å². The van der Waals surface area contributed by atoms with E-state index < -0.39 is 0 Å². The van der Waals surface area contributed by atoms with Crippen LogP contribution in [-0.2, 0) is 0 Å². The molecule has 0 saturated heterocycles. The highest BCUT2D eigenvalue weighted by molar-refractivity contribution is 6.01. The van der Waals surface area contributed by atoms with E-state index in [1.165, 1.54) is 12.1 Å². The van der Waals surface area contributed by atoms with Crippen molar-refractivity contribution in [2.24, 2.45) is 0 Å². The molecule has 0 radical (unpaired) electrons. The number of Topliss-reactive ketones (excluding diaryl/α,β-unsaturated/α-hetero) is 1. The molecule has 2 aromatic rings. The Morgan fingerprint density at radius 2 is 1.67 bits per heavy atom. The van der Waals surface area contributed by atoms with E-state index in [9.17, 15) is 15.0 Å². The SMILES string of the molecule is CN(C)CC(=O)c1ccc2cc(O)c(O)cc2c1. The summed E-state index contributed by atoms with van der Waals surface area (Å²) in [6.07, 6.45) is 0. The zero-order chi connectivity index (χ0) is 13.3. The lowest BCUT2D eigenvalue weighted by Gasteiger charge is -2.09. The van der Waals surface area contributed by atoms with Gasteiger partial charge >= 0.3 is 0 Å². The van der Waals surface area contributed by atoms with Gasteiger partial charge in [-0.05, 0) is 43.1 Å². The molecule has 4 heteroatoms. The lowest BCUT2D eigenvalue weighted by atomic mass is 10.0. The van der Waals surface area contributed by atoms with Gasteiger partial charge in [0.1, 0.15) is 0 Å². The Morgan fingerprint density at radius 3 is 2.28 bits per heavy atom. The molecule has 0 amide bonds. The number of ketones is 1. The summed E-state index contributed by atoms with van der Waals surface area (Å²) in [6.45, 7) is 0.343. The van der Waals surface area contributed by atoms with Crippen LogP contribution in [0, 0.1) is 0 Å². The number of nitrogens with zero attached hydrogens (tertiary/aromatic N) is 1. The number of hydrogen-bond donors (Lipinski definition) is 2. The molecule has 2 rings (SSSR count). The Labute approximate surface area is 105 Å². The van der Waals surface area contributed by atoms with Gasteiger partial charge in [0.05, 0.1) is 6.54 Å². The first-order valence-corrected chi connectivity index (χ1v) is 5.61. The summed E-state index contributed by atoms with van der Waals surface area (Å²) in [5.74, 6) is -0.316. The predicted molar refractivity (Wildman–Crippen MR) is 70.2 cm³/mol. The first-order valence-electron chi connectivity index (χ1n) is 5.61. The van der Waals surface area contributed by atoms with Gasteiger partial charge in [-0.2, -0.15) is 0 Å². The lowest BCUT2D eigenvalue weighted by molar-refractivity contribution is 0.0958. The number of carbonyl (C=O) groups excluding carboxylic acids is 1. The van der Waals surface area contributed by atoms with Gasteiger partial charge in [0.25, 0.3) is 0 Å². The van der Waals surface area contributed by atoms with Gasteiger partial charge < -0.3 is 15.1 Å². The molecule has 0 aliphatic carbocycles. The third-order valence-electron chi connectivity index (χ3n) is 2.72. The first-order chi connectivity index (χ1) is 8.47. The van der Waals surface area contributed by atoms with E-state index in [0.29, 0.717) is 12.1 Å². The van der Waals surface area contributed by atoms with Gasteiger partial charge in [-0.1, -0.05) is 12.1 Å². The van der Waals surface area contributed by atoms with E-state index in [1.54, 1.807) is 23.1 Å². The standard InChI is InChI=1S/C14H15NO3/c1-15(2)8-14(18)10-4-3-9-6-12(16)13(17)7-11(9)5-10/h3-7,16-17H,8H2,1-2H3. The van der Waals surface area contributed by atoms with Crippen LogP contribution in [0.1, 0.15) is 10.4 Å². The highest BCUT2D eigenvalue weighted by Gasteiger charge is 2.09. The zero-order valence-corrected chi connectivity index (χ0v) is 10.3. The molecule has 0 bridgehead atoms. The first kappa shape index (κ1) is 12.4. The summed E-state index contributed by atoms with van der Waals surface area (Å²) in [5, 5.41) is 20.4. The third kappa shape index (κ3) is 2.43. The molecular formula is C14H15NO3. The number of likely N-dealkylation sites (N-methyl/N-ethyl adjacent to an activating group) is 1. The van der Waals surface area contributed by atoms with Crippen molar-refractivity contribution in [1.82, 2.24) is 4.90 Å². The molecule has 0 spiro atoms. The van der Waals surface area contributed by atoms with Crippen LogP contribution in [0.4, 0.5) is 0 Å². The maximum Gasteiger partial charge on any atom is 0.176 e. The maximum atomic E-state index is 11.9. The average molecular weight is 245 g/mol. The van der Waals surface area contributed by atoms with Crippen molar-refractivity contribution >= 4 is 16.6 Å². The van der Waals surface area contributed by atoms with Crippen molar-refractivity contribution in [3.8, 4) is 11.5 Å². The fourth-order valence-electron chi connectivity index (χ4n) is 1.83. The summed E-state index contributed by atoms with van der Waals surface area (Å²) in [6, 6.07) is 8.14. The van der Waals surface area contributed by atoms with Crippen LogP contribution >= 0.6 is 0 Å². The monoisotopic (exact) mass is 245 g/mol. The molecule has 94 valence electrons. The molecule has 0 saturated carbocycles. The summed E-state index contributed by atoms with van der Waals surface area (Å²) in [5.41, 5.74) is 0.598. The topological polar surface area (TPSA) is 60.8 Å². The molecule has 0 unspecified atom stereocenters. The largest absolute Gasteiger partial charge is 0.504 e. The van der Waals surface area contributed by atoms with Gasteiger partial charge in [0, 0.05) is 5.56 Å². The van der Waals surface area contributed by atoms with Gasteiger partial charge in [-0.15, -0.1) is 0 Å². The number of carbonyl (C=O) groups is 1. The minimum absolute atomic E-state index is 0.0227. The Hall–Kier alpha value is -2.07. The van der Waals surface area contributed by atoms with Crippen LogP contribution in [0.3, 0.4) is 0 Å². The minimum Gasteiger partial charge on any atom is -0.504 e. The highest BCUT2D eigenvalue weighted by atomic mass is 16.3. The normalized spacial score (nSPS) is 11.1. The molecule has 0 aliphatic rings. The summed E-state index contributed by atoms with van der Waals surface area (Å²) < 4.78 is 0. The Bertz CT molecular complexity index is 605. The van der Waals surface area contributed by atoms with Crippen molar-refractivity contribution in [1.29, 1.82) is 0 Å². The van der Waals surface area contributed by atoms with Gasteiger partial charge in [0.2, 0.25) is 0 Å².